The molecule has 0 bridgehead atoms. The molecular weight excluding hydrogens is 384 g/mol. The van der Waals surface area contributed by atoms with Gasteiger partial charge in [-0.2, -0.15) is 0 Å². The Labute approximate surface area is 183 Å². The normalized spacial score (nSPS) is 11.4. The van der Waals surface area contributed by atoms with Gasteiger partial charge in [0.05, 0.1) is 18.5 Å². The van der Waals surface area contributed by atoms with Crippen LogP contribution >= 0.6 is 0 Å². The van der Waals surface area contributed by atoms with Gasteiger partial charge in [-0.15, -0.1) is 0 Å². The average molecular weight is 411 g/mol. The highest BCUT2D eigenvalue weighted by atomic mass is 16.6. The maximum absolute atomic E-state index is 5.66. The number of oxime groups is 1. The van der Waals surface area contributed by atoms with Gasteiger partial charge in [0.15, 0.2) is 0 Å². The molecule has 3 aromatic carbocycles. The van der Waals surface area contributed by atoms with Crippen LogP contribution in [0, 0.1) is 6.92 Å². The van der Waals surface area contributed by atoms with Crippen LogP contribution in [0.15, 0.2) is 96.2 Å². The van der Waals surface area contributed by atoms with Gasteiger partial charge in [-0.05, 0) is 55.3 Å². The van der Waals surface area contributed by atoms with Crippen molar-refractivity contribution < 1.29 is 9.57 Å². The SMILES string of the molecule is COc1ccc(CO/N=C(\C)c2cc(-c3ccccc3)n(-c3ccccc3)c2C)cc1. The molecule has 4 aromatic rings. The monoisotopic (exact) mass is 410 g/mol. The lowest BCUT2D eigenvalue weighted by atomic mass is 10.1. The molecule has 1 heterocycles. The smallest absolute Gasteiger partial charge is 0.142 e. The van der Waals surface area contributed by atoms with Crippen LogP contribution in [0.3, 0.4) is 0 Å². The second kappa shape index (κ2) is 9.35. The molecule has 156 valence electrons. The summed E-state index contributed by atoms with van der Waals surface area (Å²) in [4.78, 5) is 5.66. The van der Waals surface area contributed by atoms with Gasteiger partial charge in [0.25, 0.3) is 0 Å². The van der Waals surface area contributed by atoms with E-state index < -0.39 is 0 Å². The van der Waals surface area contributed by atoms with E-state index >= 15 is 0 Å². The molecule has 0 spiro atoms. The van der Waals surface area contributed by atoms with Crippen LogP contribution < -0.4 is 4.74 Å². The fourth-order valence-electron chi connectivity index (χ4n) is 3.68. The predicted octanol–water partition coefficient (Wildman–Crippen LogP) is 6.40. The first-order valence-electron chi connectivity index (χ1n) is 10.3. The van der Waals surface area contributed by atoms with Crippen molar-refractivity contribution >= 4 is 5.71 Å². The number of benzene rings is 3. The minimum Gasteiger partial charge on any atom is -0.497 e. The Bertz CT molecular complexity index is 1160. The highest BCUT2D eigenvalue weighted by molar-refractivity contribution is 6.01. The lowest BCUT2D eigenvalue weighted by Crippen LogP contribution is -2.02. The molecule has 0 saturated heterocycles. The average Bonchev–Trinajstić information content (AvgIpc) is 3.17. The molecule has 4 heteroatoms. The summed E-state index contributed by atoms with van der Waals surface area (Å²) in [5, 5.41) is 4.41. The zero-order valence-corrected chi connectivity index (χ0v) is 18.1. The summed E-state index contributed by atoms with van der Waals surface area (Å²) in [5.74, 6) is 0.828. The van der Waals surface area contributed by atoms with E-state index in [1.165, 1.54) is 0 Å². The third-order valence-corrected chi connectivity index (χ3v) is 5.31. The predicted molar refractivity (Wildman–Crippen MR) is 126 cm³/mol. The van der Waals surface area contributed by atoms with E-state index in [4.69, 9.17) is 9.57 Å². The van der Waals surface area contributed by atoms with Crippen LogP contribution in [-0.4, -0.2) is 17.4 Å². The van der Waals surface area contributed by atoms with Gasteiger partial charge in [-0.25, -0.2) is 0 Å². The summed E-state index contributed by atoms with van der Waals surface area (Å²) in [6.45, 7) is 4.52. The van der Waals surface area contributed by atoms with E-state index in [2.05, 4.69) is 71.2 Å². The highest BCUT2D eigenvalue weighted by Crippen LogP contribution is 2.30. The molecule has 0 aliphatic carbocycles. The van der Waals surface area contributed by atoms with Crippen molar-refractivity contribution in [2.45, 2.75) is 20.5 Å². The van der Waals surface area contributed by atoms with E-state index in [-0.39, 0.29) is 0 Å². The third kappa shape index (κ3) is 4.53. The zero-order chi connectivity index (χ0) is 21.6. The van der Waals surface area contributed by atoms with Crippen molar-refractivity contribution in [2.24, 2.45) is 5.16 Å². The van der Waals surface area contributed by atoms with Gasteiger partial charge in [0.2, 0.25) is 0 Å². The molecule has 0 amide bonds. The number of ether oxygens (including phenoxy) is 1. The summed E-state index contributed by atoms with van der Waals surface area (Å²) in [6, 6.07) is 30.8. The second-order valence-electron chi connectivity index (χ2n) is 7.36. The van der Waals surface area contributed by atoms with Crippen molar-refractivity contribution in [1.82, 2.24) is 4.57 Å². The molecule has 1 aromatic heterocycles. The molecule has 0 aliphatic heterocycles. The Morgan fingerprint density at radius 1 is 0.871 bits per heavy atom. The van der Waals surface area contributed by atoms with Crippen LogP contribution in [0.1, 0.15) is 23.7 Å². The second-order valence-corrected chi connectivity index (χ2v) is 7.36. The van der Waals surface area contributed by atoms with Crippen molar-refractivity contribution in [3.63, 3.8) is 0 Å². The summed E-state index contributed by atoms with van der Waals surface area (Å²) in [5.41, 5.74) is 7.49. The number of aromatic nitrogens is 1. The summed E-state index contributed by atoms with van der Waals surface area (Å²) < 4.78 is 7.47. The molecular formula is C27H26N2O2. The van der Waals surface area contributed by atoms with Gasteiger partial charge in [-0.3, -0.25) is 0 Å². The topological polar surface area (TPSA) is 35.8 Å². The first-order chi connectivity index (χ1) is 15.2. The van der Waals surface area contributed by atoms with Gasteiger partial charge >= 0.3 is 0 Å². The quantitative estimate of drug-likeness (QED) is 0.261. The molecule has 0 fully saturated rings. The van der Waals surface area contributed by atoms with E-state index in [1.54, 1.807) is 7.11 Å². The van der Waals surface area contributed by atoms with Crippen molar-refractivity contribution in [3.8, 4) is 22.7 Å². The Balaban J connectivity index is 1.64. The van der Waals surface area contributed by atoms with Gasteiger partial charge in [0, 0.05) is 16.9 Å². The van der Waals surface area contributed by atoms with E-state index in [9.17, 15) is 0 Å². The molecule has 0 saturated carbocycles. The molecule has 31 heavy (non-hydrogen) atoms. The number of para-hydroxylation sites is 1. The first kappa shape index (κ1) is 20.5. The van der Waals surface area contributed by atoms with Gasteiger partial charge < -0.3 is 14.1 Å². The number of methoxy groups -OCH3 is 1. The van der Waals surface area contributed by atoms with Crippen LogP contribution in [0.2, 0.25) is 0 Å². The van der Waals surface area contributed by atoms with Gasteiger partial charge in [-0.1, -0.05) is 65.8 Å². The number of nitrogens with zero attached hydrogens (tertiary/aromatic N) is 2. The standard InChI is InChI=1S/C27H26N2O2/c1-20(28-31-19-22-14-16-25(30-3)17-15-22)26-18-27(23-10-6-4-7-11-23)29(21(26)2)24-12-8-5-9-13-24/h4-18H,19H2,1-3H3/b28-20+. The first-order valence-corrected chi connectivity index (χ1v) is 10.3. The van der Waals surface area contributed by atoms with E-state index in [1.807, 2.05) is 43.3 Å². The summed E-state index contributed by atoms with van der Waals surface area (Å²) >= 11 is 0. The molecule has 0 radical (unpaired) electrons. The minimum atomic E-state index is 0.408. The molecule has 0 unspecified atom stereocenters. The lowest BCUT2D eigenvalue weighted by Gasteiger charge is -2.12. The molecule has 4 nitrogen and oxygen atoms in total. The molecule has 0 aliphatic rings. The lowest BCUT2D eigenvalue weighted by molar-refractivity contribution is 0.130. The molecule has 4 rings (SSSR count). The Morgan fingerprint density at radius 2 is 1.52 bits per heavy atom. The maximum Gasteiger partial charge on any atom is 0.142 e. The highest BCUT2D eigenvalue weighted by Gasteiger charge is 2.16. The zero-order valence-electron chi connectivity index (χ0n) is 18.1. The maximum atomic E-state index is 5.66. The Kier molecular flexibility index (Phi) is 6.18. The fraction of sp³-hybridized carbons (Fsp3) is 0.148. The van der Waals surface area contributed by atoms with Crippen LogP contribution in [0.4, 0.5) is 0 Å². The largest absolute Gasteiger partial charge is 0.497 e. The van der Waals surface area contributed by atoms with E-state index in [0.717, 1.165) is 45.2 Å². The van der Waals surface area contributed by atoms with Crippen LogP contribution in [0.5, 0.6) is 5.75 Å². The fourth-order valence-corrected chi connectivity index (χ4v) is 3.68. The van der Waals surface area contributed by atoms with Crippen molar-refractivity contribution in [1.29, 1.82) is 0 Å². The molecule has 0 atom stereocenters. The summed E-state index contributed by atoms with van der Waals surface area (Å²) in [6.07, 6.45) is 0. The molecule has 0 N–H and O–H groups in total. The van der Waals surface area contributed by atoms with Crippen molar-refractivity contribution in [2.75, 3.05) is 7.11 Å². The Morgan fingerprint density at radius 3 is 2.16 bits per heavy atom. The number of hydrogen-bond acceptors (Lipinski definition) is 3. The summed E-state index contributed by atoms with van der Waals surface area (Å²) in [7, 11) is 1.66. The van der Waals surface area contributed by atoms with Crippen molar-refractivity contribution in [3.05, 3.63) is 108 Å². The number of rotatable bonds is 7. The van der Waals surface area contributed by atoms with Crippen LogP contribution in [0.25, 0.3) is 16.9 Å². The minimum absolute atomic E-state index is 0.408. The van der Waals surface area contributed by atoms with Crippen LogP contribution in [-0.2, 0) is 11.4 Å². The van der Waals surface area contributed by atoms with Gasteiger partial charge in [0.1, 0.15) is 12.4 Å². The number of hydrogen-bond donors (Lipinski definition) is 0. The van der Waals surface area contributed by atoms with E-state index in [0.29, 0.717) is 6.61 Å². The Hall–Kier alpha value is -3.79. The third-order valence-electron chi connectivity index (χ3n) is 5.31.